The number of anilines is 1. The summed E-state index contributed by atoms with van der Waals surface area (Å²) in [5.41, 5.74) is 0.585. The van der Waals surface area contributed by atoms with Crippen LogP contribution >= 0.6 is 0 Å². The number of rotatable bonds is 3. The van der Waals surface area contributed by atoms with Crippen LogP contribution in [0.3, 0.4) is 0 Å². The van der Waals surface area contributed by atoms with Crippen LogP contribution in [0.4, 0.5) is 5.69 Å². The molecule has 110 valence electrons. The second-order valence-electron chi connectivity index (χ2n) is 5.14. The van der Waals surface area contributed by atoms with Crippen molar-refractivity contribution >= 4 is 21.6 Å². The summed E-state index contributed by atoms with van der Waals surface area (Å²) in [7, 11) is -1.65. The molecular weight excluding hydrogens is 278 g/mol. The molecule has 0 aromatic heterocycles. The molecule has 0 radical (unpaired) electrons. The first-order chi connectivity index (χ1) is 9.36. The van der Waals surface area contributed by atoms with Crippen molar-refractivity contribution in [1.82, 2.24) is 4.90 Å². The summed E-state index contributed by atoms with van der Waals surface area (Å²) in [4.78, 5) is 14.3. The van der Waals surface area contributed by atoms with E-state index in [9.17, 15) is 13.2 Å². The van der Waals surface area contributed by atoms with E-state index in [1.165, 1.54) is 12.1 Å². The normalized spacial score (nSPS) is 17.9. The number of carbonyl (C=O) groups excluding carboxylic acids is 1. The lowest BCUT2D eigenvalue weighted by Gasteiger charge is -2.28. The molecule has 1 fully saturated rings. The summed E-state index contributed by atoms with van der Waals surface area (Å²) in [5.74, 6) is 0.00516. The van der Waals surface area contributed by atoms with Crippen LogP contribution in [0, 0.1) is 5.92 Å². The lowest BCUT2D eigenvalue weighted by Crippen LogP contribution is -2.35. The zero-order valence-corrected chi connectivity index (χ0v) is 12.2. The van der Waals surface area contributed by atoms with Gasteiger partial charge in [-0.2, -0.15) is 0 Å². The fourth-order valence-corrected chi connectivity index (χ4v) is 2.76. The molecule has 1 aromatic rings. The van der Waals surface area contributed by atoms with Crippen molar-refractivity contribution in [1.29, 1.82) is 0 Å². The van der Waals surface area contributed by atoms with Crippen molar-refractivity contribution in [3.8, 4) is 0 Å². The van der Waals surface area contributed by atoms with Gasteiger partial charge in [-0.1, -0.05) is 0 Å². The highest BCUT2D eigenvalue weighted by Gasteiger charge is 2.23. The highest BCUT2D eigenvalue weighted by atomic mass is 32.2. The molecule has 7 heteroatoms. The van der Waals surface area contributed by atoms with Gasteiger partial charge in [0.05, 0.1) is 4.90 Å². The number of likely N-dealkylation sites (tertiary alicyclic amines) is 1. The summed E-state index contributed by atoms with van der Waals surface area (Å²) < 4.78 is 22.3. The zero-order valence-electron chi connectivity index (χ0n) is 11.4. The Hall–Kier alpha value is -1.44. The maximum absolute atomic E-state index is 12.1. The second kappa shape index (κ2) is 5.90. The van der Waals surface area contributed by atoms with E-state index in [1.54, 1.807) is 12.1 Å². The standard InChI is InChI=1S/C13H19N3O3S/c1-16-8-6-10(7-9-16)13(17)15-11-2-4-12(5-3-11)20(14,18)19/h2-5,10H,6-9H2,1H3,(H,15,17)(H2,14,18,19). The third kappa shape index (κ3) is 3.78. The van der Waals surface area contributed by atoms with Gasteiger partial charge in [0.25, 0.3) is 0 Å². The molecule has 0 bridgehead atoms. The van der Waals surface area contributed by atoms with Gasteiger partial charge in [-0.05, 0) is 57.2 Å². The van der Waals surface area contributed by atoms with E-state index in [0.717, 1.165) is 25.9 Å². The molecule has 0 aliphatic carbocycles. The number of benzene rings is 1. The summed E-state index contributed by atoms with van der Waals surface area (Å²) in [5, 5.41) is 7.83. The largest absolute Gasteiger partial charge is 0.326 e. The molecule has 1 aliphatic heterocycles. The Kier molecular flexibility index (Phi) is 4.42. The van der Waals surface area contributed by atoms with Gasteiger partial charge in [-0.25, -0.2) is 13.6 Å². The van der Waals surface area contributed by atoms with Gasteiger partial charge >= 0.3 is 0 Å². The predicted molar refractivity (Wildman–Crippen MR) is 76.7 cm³/mol. The molecule has 0 saturated carbocycles. The van der Waals surface area contributed by atoms with Crippen molar-refractivity contribution in [3.63, 3.8) is 0 Å². The van der Waals surface area contributed by atoms with E-state index < -0.39 is 10.0 Å². The van der Waals surface area contributed by atoms with Crippen LogP contribution in [-0.2, 0) is 14.8 Å². The Morgan fingerprint density at radius 2 is 1.80 bits per heavy atom. The van der Waals surface area contributed by atoms with E-state index in [0.29, 0.717) is 5.69 Å². The van der Waals surface area contributed by atoms with E-state index in [-0.39, 0.29) is 16.7 Å². The quantitative estimate of drug-likeness (QED) is 0.855. The summed E-state index contributed by atoms with van der Waals surface area (Å²) in [6.45, 7) is 1.84. The van der Waals surface area contributed by atoms with Crippen molar-refractivity contribution < 1.29 is 13.2 Å². The Balaban J connectivity index is 1.98. The average molecular weight is 297 g/mol. The number of piperidine rings is 1. The summed E-state index contributed by atoms with van der Waals surface area (Å²) in [6.07, 6.45) is 1.69. The number of nitrogens with zero attached hydrogens (tertiary/aromatic N) is 1. The summed E-state index contributed by atoms with van der Waals surface area (Å²) >= 11 is 0. The maximum Gasteiger partial charge on any atom is 0.238 e. The number of amides is 1. The number of nitrogens with one attached hydrogen (secondary N) is 1. The van der Waals surface area contributed by atoms with Crippen LogP contribution in [0.5, 0.6) is 0 Å². The molecule has 1 amide bonds. The van der Waals surface area contributed by atoms with E-state index >= 15 is 0 Å². The van der Waals surface area contributed by atoms with E-state index in [4.69, 9.17) is 5.14 Å². The number of carbonyl (C=O) groups is 1. The molecule has 0 atom stereocenters. The van der Waals surface area contributed by atoms with Crippen molar-refractivity contribution in [2.45, 2.75) is 17.7 Å². The minimum Gasteiger partial charge on any atom is -0.326 e. The fraction of sp³-hybridized carbons (Fsp3) is 0.462. The molecule has 2 rings (SSSR count). The molecule has 1 saturated heterocycles. The lowest BCUT2D eigenvalue weighted by molar-refractivity contribution is -0.121. The van der Waals surface area contributed by atoms with Crippen LogP contribution in [0.15, 0.2) is 29.2 Å². The van der Waals surface area contributed by atoms with Crippen LogP contribution < -0.4 is 10.5 Å². The van der Waals surface area contributed by atoms with Gasteiger partial charge in [0, 0.05) is 11.6 Å². The summed E-state index contributed by atoms with van der Waals surface area (Å²) in [6, 6.07) is 5.87. The molecule has 1 aromatic carbocycles. The molecule has 3 N–H and O–H groups in total. The number of primary sulfonamides is 1. The Labute approximate surface area is 119 Å². The third-order valence-corrected chi connectivity index (χ3v) is 4.47. The van der Waals surface area contributed by atoms with Crippen LogP contribution in [0.25, 0.3) is 0 Å². The SMILES string of the molecule is CN1CCC(C(=O)Nc2ccc(S(N)(=O)=O)cc2)CC1. The first-order valence-corrected chi connectivity index (χ1v) is 8.03. The Morgan fingerprint density at radius 3 is 2.30 bits per heavy atom. The average Bonchev–Trinajstić information content (AvgIpc) is 2.39. The fourth-order valence-electron chi connectivity index (χ4n) is 2.24. The van der Waals surface area contributed by atoms with Gasteiger partial charge in [0.15, 0.2) is 0 Å². The van der Waals surface area contributed by atoms with Gasteiger partial charge in [0.1, 0.15) is 0 Å². The highest BCUT2D eigenvalue weighted by Crippen LogP contribution is 2.19. The molecular formula is C13H19N3O3S. The van der Waals surface area contributed by atoms with Gasteiger partial charge in [0.2, 0.25) is 15.9 Å². The lowest BCUT2D eigenvalue weighted by atomic mass is 9.96. The minimum absolute atomic E-state index is 0.0125. The zero-order chi connectivity index (χ0) is 14.8. The number of sulfonamides is 1. The van der Waals surface area contributed by atoms with E-state index in [1.807, 2.05) is 7.05 Å². The number of hydrogen-bond donors (Lipinski definition) is 2. The molecule has 20 heavy (non-hydrogen) atoms. The van der Waals surface area contributed by atoms with Crippen LogP contribution in [0.1, 0.15) is 12.8 Å². The van der Waals surface area contributed by atoms with E-state index in [2.05, 4.69) is 10.2 Å². The highest BCUT2D eigenvalue weighted by molar-refractivity contribution is 7.89. The number of hydrogen-bond acceptors (Lipinski definition) is 4. The van der Waals surface area contributed by atoms with Crippen LogP contribution in [-0.4, -0.2) is 39.4 Å². The Bertz CT molecular complexity index is 575. The van der Waals surface area contributed by atoms with Crippen LogP contribution in [0.2, 0.25) is 0 Å². The molecule has 1 heterocycles. The molecule has 0 unspecified atom stereocenters. The molecule has 0 spiro atoms. The van der Waals surface area contributed by atoms with Crippen molar-refractivity contribution in [3.05, 3.63) is 24.3 Å². The second-order valence-corrected chi connectivity index (χ2v) is 6.70. The first-order valence-electron chi connectivity index (χ1n) is 6.48. The van der Waals surface area contributed by atoms with Gasteiger partial charge in [-0.3, -0.25) is 4.79 Å². The van der Waals surface area contributed by atoms with Gasteiger partial charge in [-0.15, -0.1) is 0 Å². The minimum atomic E-state index is -3.69. The third-order valence-electron chi connectivity index (χ3n) is 3.54. The van der Waals surface area contributed by atoms with Crippen molar-refractivity contribution in [2.75, 3.05) is 25.5 Å². The van der Waals surface area contributed by atoms with Gasteiger partial charge < -0.3 is 10.2 Å². The molecule has 1 aliphatic rings. The molecule has 6 nitrogen and oxygen atoms in total. The monoisotopic (exact) mass is 297 g/mol. The first kappa shape index (κ1) is 15.0. The Morgan fingerprint density at radius 1 is 1.25 bits per heavy atom. The predicted octanol–water partition coefficient (Wildman–Crippen LogP) is 0.614. The maximum atomic E-state index is 12.1. The van der Waals surface area contributed by atoms with Crippen molar-refractivity contribution in [2.24, 2.45) is 11.1 Å². The topological polar surface area (TPSA) is 92.5 Å². The smallest absolute Gasteiger partial charge is 0.238 e. The number of nitrogens with two attached hydrogens (primary N) is 1.